The highest BCUT2D eigenvalue weighted by molar-refractivity contribution is 5.81. The number of amides is 1. The minimum absolute atomic E-state index is 0.101. The standard InChI is InChI=1S/C19H26F2N2O/c1-3-13-11-23(19(24)14-7-8-14)10-9-17(13)22-12(2)18-15(20)5-4-6-16(18)21/h4-6,12-14,17,22H,3,7-11H2,1-2H3/t12-,13-,17-/m1/s1. The predicted octanol–water partition coefficient (Wildman–Crippen LogP) is 3.65. The molecule has 0 spiro atoms. The average molecular weight is 336 g/mol. The van der Waals surface area contributed by atoms with Crippen LogP contribution in [0.25, 0.3) is 0 Å². The molecule has 1 aliphatic heterocycles. The summed E-state index contributed by atoms with van der Waals surface area (Å²) in [6, 6.07) is 3.76. The zero-order valence-electron chi connectivity index (χ0n) is 14.4. The second kappa shape index (κ2) is 7.18. The number of hydrogen-bond donors (Lipinski definition) is 1. The van der Waals surface area contributed by atoms with Crippen molar-refractivity contribution in [2.24, 2.45) is 11.8 Å². The zero-order valence-corrected chi connectivity index (χ0v) is 14.4. The number of halogens is 2. The normalized spacial score (nSPS) is 25.6. The number of carbonyl (C=O) groups is 1. The molecule has 2 fully saturated rings. The number of carbonyl (C=O) groups excluding carboxylic acids is 1. The number of benzene rings is 1. The second-order valence-corrected chi connectivity index (χ2v) is 7.15. The first kappa shape index (κ1) is 17.3. The largest absolute Gasteiger partial charge is 0.342 e. The summed E-state index contributed by atoms with van der Waals surface area (Å²) in [6.45, 7) is 5.39. The van der Waals surface area contributed by atoms with Gasteiger partial charge in [0.2, 0.25) is 5.91 Å². The predicted molar refractivity (Wildman–Crippen MR) is 89.4 cm³/mol. The summed E-state index contributed by atoms with van der Waals surface area (Å²) in [7, 11) is 0. The maximum atomic E-state index is 14.0. The molecule has 2 aliphatic rings. The third-order valence-corrected chi connectivity index (χ3v) is 5.39. The summed E-state index contributed by atoms with van der Waals surface area (Å²) in [4.78, 5) is 14.3. The van der Waals surface area contributed by atoms with Crippen molar-refractivity contribution < 1.29 is 13.6 Å². The first-order valence-corrected chi connectivity index (χ1v) is 9.00. The van der Waals surface area contributed by atoms with Crippen molar-refractivity contribution in [2.75, 3.05) is 13.1 Å². The molecule has 3 nitrogen and oxygen atoms in total. The zero-order chi connectivity index (χ0) is 17.3. The van der Waals surface area contributed by atoms with E-state index in [1.54, 1.807) is 6.92 Å². The first-order chi connectivity index (χ1) is 11.5. The topological polar surface area (TPSA) is 32.3 Å². The van der Waals surface area contributed by atoms with Crippen molar-refractivity contribution in [3.63, 3.8) is 0 Å². The fourth-order valence-electron chi connectivity index (χ4n) is 3.78. The van der Waals surface area contributed by atoms with E-state index in [-0.39, 0.29) is 17.5 Å². The van der Waals surface area contributed by atoms with E-state index in [0.717, 1.165) is 38.8 Å². The molecule has 0 radical (unpaired) electrons. The highest BCUT2D eigenvalue weighted by Crippen LogP contribution is 2.33. The minimum Gasteiger partial charge on any atom is -0.342 e. The highest BCUT2D eigenvalue weighted by Gasteiger charge is 2.38. The van der Waals surface area contributed by atoms with Crippen LogP contribution in [0, 0.1) is 23.5 Å². The minimum atomic E-state index is -0.510. The molecular weight excluding hydrogens is 310 g/mol. The maximum Gasteiger partial charge on any atom is 0.225 e. The van der Waals surface area contributed by atoms with Crippen LogP contribution in [0.3, 0.4) is 0 Å². The third-order valence-electron chi connectivity index (χ3n) is 5.39. The SMILES string of the molecule is CC[C@@H]1CN(C(=O)C2CC2)CC[C@H]1N[C@H](C)c1c(F)cccc1F. The molecule has 1 aromatic carbocycles. The van der Waals surface area contributed by atoms with E-state index in [1.165, 1.54) is 18.2 Å². The number of nitrogens with zero attached hydrogens (tertiary/aromatic N) is 1. The molecule has 132 valence electrons. The Morgan fingerprint density at radius 1 is 1.29 bits per heavy atom. The fourth-order valence-corrected chi connectivity index (χ4v) is 3.78. The monoisotopic (exact) mass is 336 g/mol. The molecule has 1 aliphatic carbocycles. The molecule has 5 heteroatoms. The molecule has 1 N–H and O–H groups in total. The molecule has 0 bridgehead atoms. The molecule has 1 saturated carbocycles. The van der Waals surface area contributed by atoms with Crippen molar-refractivity contribution in [3.05, 3.63) is 35.4 Å². The van der Waals surface area contributed by atoms with Gasteiger partial charge >= 0.3 is 0 Å². The Hall–Kier alpha value is -1.49. The van der Waals surface area contributed by atoms with E-state index >= 15 is 0 Å². The summed E-state index contributed by atoms with van der Waals surface area (Å²) in [6.07, 6.45) is 3.82. The quantitative estimate of drug-likeness (QED) is 0.890. The van der Waals surface area contributed by atoms with Gasteiger partial charge < -0.3 is 10.2 Å². The average Bonchev–Trinajstić information content (AvgIpc) is 3.39. The van der Waals surface area contributed by atoms with Crippen LogP contribution < -0.4 is 5.32 Å². The lowest BCUT2D eigenvalue weighted by molar-refractivity contribution is -0.134. The smallest absolute Gasteiger partial charge is 0.225 e. The Morgan fingerprint density at radius 3 is 2.54 bits per heavy atom. The fraction of sp³-hybridized carbons (Fsp3) is 0.632. The molecule has 0 aromatic heterocycles. The van der Waals surface area contributed by atoms with Crippen molar-refractivity contribution >= 4 is 5.91 Å². The van der Waals surface area contributed by atoms with Crippen LogP contribution in [0.1, 0.15) is 51.1 Å². The van der Waals surface area contributed by atoms with Gasteiger partial charge in [0.15, 0.2) is 0 Å². The molecule has 1 amide bonds. The Morgan fingerprint density at radius 2 is 1.96 bits per heavy atom. The molecule has 24 heavy (non-hydrogen) atoms. The van der Waals surface area contributed by atoms with Gasteiger partial charge in [-0.25, -0.2) is 8.78 Å². The van der Waals surface area contributed by atoms with Crippen molar-refractivity contribution in [1.29, 1.82) is 0 Å². The van der Waals surface area contributed by atoms with Gasteiger partial charge in [0.25, 0.3) is 0 Å². The van der Waals surface area contributed by atoms with E-state index in [0.29, 0.717) is 11.8 Å². The van der Waals surface area contributed by atoms with Crippen LogP contribution >= 0.6 is 0 Å². The number of rotatable bonds is 5. The molecule has 3 atom stereocenters. The Balaban J connectivity index is 1.65. The second-order valence-electron chi connectivity index (χ2n) is 7.15. The molecule has 0 unspecified atom stereocenters. The first-order valence-electron chi connectivity index (χ1n) is 9.00. The van der Waals surface area contributed by atoms with Gasteiger partial charge in [-0.15, -0.1) is 0 Å². The molecule has 3 rings (SSSR count). The number of hydrogen-bond acceptors (Lipinski definition) is 2. The van der Waals surface area contributed by atoms with Gasteiger partial charge in [0, 0.05) is 36.7 Å². The summed E-state index contributed by atoms with van der Waals surface area (Å²) < 4.78 is 27.9. The maximum absolute atomic E-state index is 14.0. The van der Waals surface area contributed by atoms with Gasteiger partial charge in [0.1, 0.15) is 11.6 Å². The molecule has 1 saturated heterocycles. The lowest BCUT2D eigenvalue weighted by Crippen LogP contribution is -2.51. The lowest BCUT2D eigenvalue weighted by Gasteiger charge is -2.40. The van der Waals surface area contributed by atoms with Crippen LogP contribution in [-0.4, -0.2) is 29.9 Å². The Labute approximate surface area is 142 Å². The van der Waals surface area contributed by atoms with E-state index in [9.17, 15) is 13.6 Å². The summed E-state index contributed by atoms with van der Waals surface area (Å²) in [5, 5.41) is 3.40. The van der Waals surface area contributed by atoms with Crippen molar-refractivity contribution in [1.82, 2.24) is 10.2 Å². The number of likely N-dealkylation sites (tertiary alicyclic amines) is 1. The molecule has 1 heterocycles. The summed E-state index contributed by atoms with van der Waals surface area (Å²) in [5.74, 6) is -0.161. The third kappa shape index (κ3) is 3.61. The summed E-state index contributed by atoms with van der Waals surface area (Å²) >= 11 is 0. The van der Waals surface area contributed by atoms with Crippen LogP contribution in [0.15, 0.2) is 18.2 Å². The Kier molecular flexibility index (Phi) is 5.18. The van der Waals surface area contributed by atoms with E-state index in [2.05, 4.69) is 12.2 Å². The van der Waals surface area contributed by atoms with Gasteiger partial charge in [-0.2, -0.15) is 0 Å². The van der Waals surface area contributed by atoms with Crippen LogP contribution in [0.5, 0.6) is 0 Å². The molecule has 1 aromatic rings. The summed E-state index contributed by atoms with van der Waals surface area (Å²) in [5.41, 5.74) is 0.101. The van der Waals surface area contributed by atoms with E-state index in [4.69, 9.17) is 0 Å². The highest BCUT2D eigenvalue weighted by atomic mass is 19.1. The van der Waals surface area contributed by atoms with Crippen molar-refractivity contribution in [3.8, 4) is 0 Å². The number of nitrogens with one attached hydrogen (secondary N) is 1. The van der Waals surface area contributed by atoms with Gasteiger partial charge in [-0.05, 0) is 44.2 Å². The number of piperidine rings is 1. The van der Waals surface area contributed by atoms with Crippen LogP contribution in [0.4, 0.5) is 8.78 Å². The molecular formula is C19H26F2N2O. The van der Waals surface area contributed by atoms with E-state index in [1.807, 2.05) is 4.90 Å². The van der Waals surface area contributed by atoms with Gasteiger partial charge in [-0.3, -0.25) is 4.79 Å². The van der Waals surface area contributed by atoms with Gasteiger partial charge in [-0.1, -0.05) is 19.4 Å². The van der Waals surface area contributed by atoms with Crippen LogP contribution in [0.2, 0.25) is 0 Å². The van der Waals surface area contributed by atoms with Crippen LogP contribution in [-0.2, 0) is 4.79 Å². The van der Waals surface area contributed by atoms with Crippen molar-refractivity contribution in [2.45, 2.75) is 51.6 Å². The van der Waals surface area contributed by atoms with E-state index < -0.39 is 17.7 Å². The van der Waals surface area contributed by atoms with Gasteiger partial charge in [0.05, 0.1) is 0 Å². The Bertz CT molecular complexity index is 583. The lowest BCUT2D eigenvalue weighted by atomic mass is 9.88.